The molecule has 7 nitrogen and oxygen atoms in total. The molecule has 9 heteroatoms. The highest BCUT2D eigenvalue weighted by Gasteiger charge is 2.19. The number of ether oxygens (including phenoxy) is 2. The van der Waals surface area contributed by atoms with Crippen LogP contribution < -0.4 is 20.1 Å². The van der Waals surface area contributed by atoms with E-state index in [9.17, 15) is 14.0 Å². The molecular formula is C22H19BrFN3O4. The fraction of sp³-hybridized carbons (Fsp3) is 0.136. The average Bonchev–Trinajstić information content (AvgIpc) is 2.78. The number of nitrogens with one attached hydrogen (secondary N) is 2. The van der Waals surface area contributed by atoms with Crippen LogP contribution in [0.1, 0.15) is 26.4 Å². The van der Waals surface area contributed by atoms with Crippen molar-refractivity contribution in [2.45, 2.75) is 6.54 Å². The van der Waals surface area contributed by atoms with E-state index >= 15 is 0 Å². The molecule has 3 aromatic rings. The molecule has 0 unspecified atom stereocenters. The third-order valence-corrected chi connectivity index (χ3v) is 4.82. The van der Waals surface area contributed by atoms with Gasteiger partial charge < -0.3 is 20.1 Å². The Morgan fingerprint density at radius 1 is 1.03 bits per heavy atom. The number of hydrogen-bond donors (Lipinski definition) is 2. The lowest BCUT2D eigenvalue weighted by Crippen LogP contribution is -2.26. The zero-order valence-electron chi connectivity index (χ0n) is 16.7. The Hall–Kier alpha value is -3.46. The van der Waals surface area contributed by atoms with Gasteiger partial charge in [-0.15, -0.1) is 0 Å². The average molecular weight is 488 g/mol. The number of methoxy groups -OCH3 is 2. The van der Waals surface area contributed by atoms with Gasteiger partial charge in [-0.2, -0.15) is 0 Å². The lowest BCUT2D eigenvalue weighted by molar-refractivity contribution is 0.0946. The summed E-state index contributed by atoms with van der Waals surface area (Å²) in [6, 6.07) is 13.9. The van der Waals surface area contributed by atoms with Crippen LogP contribution in [-0.2, 0) is 6.54 Å². The van der Waals surface area contributed by atoms with E-state index < -0.39 is 17.6 Å². The first kappa shape index (κ1) is 22.2. The Bertz CT molecular complexity index is 1120. The van der Waals surface area contributed by atoms with Crippen molar-refractivity contribution >= 4 is 33.4 Å². The molecule has 1 heterocycles. The number of carbonyl (C=O) groups excluding carboxylic acids is 2. The van der Waals surface area contributed by atoms with Gasteiger partial charge in [0.15, 0.2) is 5.69 Å². The van der Waals surface area contributed by atoms with Crippen molar-refractivity contribution in [2.24, 2.45) is 0 Å². The van der Waals surface area contributed by atoms with Crippen LogP contribution in [0.2, 0.25) is 0 Å². The summed E-state index contributed by atoms with van der Waals surface area (Å²) in [5, 5.41) is 5.30. The Kier molecular flexibility index (Phi) is 7.19. The first-order valence-corrected chi connectivity index (χ1v) is 9.93. The third-order valence-electron chi connectivity index (χ3n) is 4.38. The van der Waals surface area contributed by atoms with Gasteiger partial charge >= 0.3 is 0 Å². The molecule has 1 aromatic heterocycles. The topological polar surface area (TPSA) is 89.5 Å². The Morgan fingerprint density at radius 2 is 1.81 bits per heavy atom. The lowest BCUT2D eigenvalue weighted by Gasteiger charge is -2.13. The van der Waals surface area contributed by atoms with Crippen LogP contribution in [0, 0.1) is 5.82 Å². The smallest absolute Gasteiger partial charge is 0.272 e. The fourth-order valence-electron chi connectivity index (χ4n) is 2.80. The van der Waals surface area contributed by atoms with Gasteiger partial charge in [0.1, 0.15) is 21.9 Å². The highest BCUT2D eigenvalue weighted by molar-refractivity contribution is 9.10. The number of aromatic nitrogens is 1. The molecule has 0 aliphatic rings. The van der Waals surface area contributed by atoms with Gasteiger partial charge in [0.2, 0.25) is 0 Å². The molecule has 3 rings (SSSR count). The van der Waals surface area contributed by atoms with Crippen LogP contribution in [0.5, 0.6) is 11.5 Å². The van der Waals surface area contributed by atoms with E-state index in [2.05, 4.69) is 31.5 Å². The van der Waals surface area contributed by atoms with Gasteiger partial charge in [0, 0.05) is 18.2 Å². The van der Waals surface area contributed by atoms with Crippen molar-refractivity contribution in [3.63, 3.8) is 0 Å². The predicted octanol–water partition coefficient (Wildman–Crippen LogP) is 4.18. The molecule has 0 atom stereocenters. The number of rotatable bonds is 7. The van der Waals surface area contributed by atoms with Crippen molar-refractivity contribution in [2.75, 3.05) is 19.5 Å². The third kappa shape index (κ3) is 5.37. The van der Waals surface area contributed by atoms with Gasteiger partial charge in [-0.05, 0) is 52.3 Å². The van der Waals surface area contributed by atoms with Crippen molar-refractivity contribution in [1.82, 2.24) is 10.3 Å². The Labute approximate surface area is 186 Å². The molecule has 0 fully saturated rings. The summed E-state index contributed by atoms with van der Waals surface area (Å²) in [6.45, 7) is 0.154. The van der Waals surface area contributed by atoms with Crippen LogP contribution in [0.3, 0.4) is 0 Å². The number of benzene rings is 2. The highest BCUT2D eigenvalue weighted by atomic mass is 79.9. The second kappa shape index (κ2) is 10.0. The minimum atomic E-state index is -0.687. The summed E-state index contributed by atoms with van der Waals surface area (Å²) in [5.74, 6) is -0.701. The minimum absolute atomic E-state index is 0.0217. The van der Waals surface area contributed by atoms with Crippen LogP contribution in [-0.4, -0.2) is 31.0 Å². The first-order valence-electron chi connectivity index (χ1n) is 9.14. The maximum absolute atomic E-state index is 13.9. The van der Waals surface area contributed by atoms with Gasteiger partial charge in [0.05, 0.1) is 25.5 Å². The zero-order chi connectivity index (χ0) is 22.4. The number of nitrogens with zero attached hydrogens (tertiary/aromatic N) is 1. The second-order valence-corrected chi connectivity index (χ2v) is 7.14. The Morgan fingerprint density at radius 3 is 2.52 bits per heavy atom. The summed E-state index contributed by atoms with van der Waals surface area (Å²) in [5.41, 5.74) is 0.713. The highest BCUT2D eigenvalue weighted by Crippen LogP contribution is 2.25. The second-order valence-electron chi connectivity index (χ2n) is 6.32. The predicted molar refractivity (Wildman–Crippen MR) is 117 cm³/mol. The van der Waals surface area contributed by atoms with E-state index in [1.54, 1.807) is 37.4 Å². The van der Waals surface area contributed by atoms with Crippen LogP contribution in [0.25, 0.3) is 0 Å². The molecule has 0 bridgehead atoms. The van der Waals surface area contributed by atoms with Crippen LogP contribution in [0.4, 0.5) is 10.1 Å². The van der Waals surface area contributed by atoms with E-state index in [0.29, 0.717) is 16.1 Å². The monoisotopic (exact) mass is 487 g/mol. The number of hydrogen-bond acceptors (Lipinski definition) is 5. The number of anilines is 1. The first-order chi connectivity index (χ1) is 14.9. The molecular weight excluding hydrogens is 469 g/mol. The quantitative estimate of drug-likeness (QED) is 0.487. The van der Waals surface area contributed by atoms with E-state index in [0.717, 1.165) is 5.56 Å². The van der Waals surface area contributed by atoms with E-state index in [-0.39, 0.29) is 23.5 Å². The summed E-state index contributed by atoms with van der Waals surface area (Å²) in [6.07, 6.45) is 0. The number of carbonyl (C=O) groups is 2. The number of halogens is 2. The molecule has 0 aliphatic carbocycles. The minimum Gasteiger partial charge on any atom is -0.497 e. The van der Waals surface area contributed by atoms with Gasteiger partial charge in [-0.1, -0.05) is 12.1 Å². The molecule has 0 radical (unpaired) electrons. The van der Waals surface area contributed by atoms with Crippen molar-refractivity contribution in [3.8, 4) is 11.5 Å². The van der Waals surface area contributed by atoms with Crippen LogP contribution >= 0.6 is 15.9 Å². The molecule has 0 aliphatic heterocycles. The van der Waals surface area contributed by atoms with Gasteiger partial charge in [-0.3, -0.25) is 9.59 Å². The summed E-state index contributed by atoms with van der Waals surface area (Å²) >= 11 is 3.22. The molecule has 160 valence electrons. The van der Waals surface area contributed by atoms with Gasteiger partial charge in [0.25, 0.3) is 11.8 Å². The van der Waals surface area contributed by atoms with E-state index in [1.165, 1.54) is 31.4 Å². The molecule has 2 N–H and O–H groups in total. The maximum atomic E-state index is 13.9. The molecule has 0 spiro atoms. The lowest BCUT2D eigenvalue weighted by atomic mass is 10.1. The molecule has 0 saturated carbocycles. The number of amides is 2. The zero-order valence-corrected chi connectivity index (χ0v) is 18.3. The summed E-state index contributed by atoms with van der Waals surface area (Å²) < 4.78 is 24.8. The van der Waals surface area contributed by atoms with Crippen molar-refractivity contribution < 1.29 is 23.5 Å². The standard InChI is InChI=1S/C22H19BrFN3O4/c1-30-14-8-7-13(18(11-14)31-2)12-25-22(29)20-17(9-10-19(23)27-20)26-21(28)15-5-3-4-6-16(15)24/h3-11H,12H2,1-2H3,(H,25,29)(H,26,28). The normalized spacial score (nSPS) is 10.3. The summed E-state index contributed by atoms with van der Waals surface area (Å²) in [4.78, 5) is 29.4. The Balaban J connectivity index is 1.79. The van der Waals surface area contributed by atoms with E-state index in [4.69, 9.17) is 9.47 Å². The van der Waals surface area contributed by atoms with Crippen LogP contribution in [0.15, 0.2) is 59.2 Å². The summed E-state index contributed by atoms with van der Waals surface area (Å²) in [7, 11) is 3.07. The van der Waals surface area contributed by atoms with Crippen molar-refractivity contribution in [1.29, 1.82) is 0 Å². The van der Waals surface area contributed by atoms with E-state index in [1.807, 2.05) is 0 Å². The number of pyridine rings is 1. The maximum Gasteiger partial charge on any atom is 0.272 e. The molecule has 2 aromatic carbocycles. The fourth-order valence-corrected chi connectivity index (χ4v) is 3.11. The molecule has 2 amide bonds. The van der Waals surface area contributed by atoms with Crippen molar-refractivity contribution in [3.05, 3.63) is 81.8 Å². The van der Waals surface area contributed by atoms with Gasteiger partial charge in [-0.25, -0.2) is 9.37 Å². The molecule has 0 saturated heterocycles. The largest absolute Gasteiger partial charge is 0.497 e. The SMILES string of the molecule is COc1ccc(CNC(=O)c2nc(Br)ccc2NC(=O)c2ccccc2F)c(OC)c1. The molecule has 31 heavy (non-hydrogen) atoms.